The molecule has 2 rings (SSSR count). The zero-order valence-corrected chi connectivity index (χ0v) is 12.8. The summed E-state index contributed by atoms with van der Waals surface area (Å²) in [5, 5.41) is 0. The molecular weight excluding hydrogens is 252 g/mol. The normalized spacial score (nSPS) is 22.5. The number of hydrogen-bond acceptors (Lipinski definition) is 4. The van der Waals surface area contributed by atoms with Crippen LogP contribution in [0.3, 0.4) is 0 Å². The number of Topliss-reactive ketones (excluding diaryl/α,β-unsaturated/α-hetero) is 1. The van der Waals surface area contributed by atoms with E-state index < -0.39 is 0 Å². The van der Waals surface area contributed by atoms with Crippen molar-refractivity contribution < 1.29 is 9.53 Å². The van der Waals surface area contributed by atoms with E-state index in [-0.39, 0.29) is 11.8 Å². The molecule has 110 valence electrons. The van der Waals surface area contributed by atoms with Crippen LogP contribution in [0.4, 0.5) is 0 Å². The number of piperazine rings is 1. The number of carbonyl (C=O) groups is 1. The molecule has 0 spiro atoms. The van der Waals surface area contributed by atoms with Crippen molar-refractivity contribution in [2.24, 2.45) is 0 Å². The second-order valence-corrected chi connectivity index (χ2v) is 5.62. The lowest BCUT2D eigenvalue weighted by atomic mass is 10.0. The molecule has 1 fully saturated rings. The molecule has 1 aliphatic rings. The van der Waals surface area contributed by atoms with Gasteiger partial charge < -0.3 is 9.64 Å². The van der Waals surface area contributed by atoms with Crippen LogP contribution in [0.2, 0.25) is 0 Å². The van der Waals surface area contributed by atoms with Crippen molar-refractivity contribution in [1.82, 2.24) is 9.80 Å². The van der Waals surface area contributed by atoms with Gasteiger partial charge in [-0.1, -0.05) is 0 Å². The van der Waals surface area contributed by atoms with E-state index in [0.717, 1.165) is 30.9 Å². The summed E-state index contributed by atoms with van der Waals surface area (Å²) in [6.07, 6.45) is 0. The Bertz CT molecular complexity index is 458. The largest absolute Gasteiger partial charge is 0.497 e. The number of methoxy groups -OCH3 is 1. The van der Waals surface area contributed by atoms with Gasteiger partial charge in [-0.3, -0.25) is 9.69 Å². The molecule has 0 bridgehead atoms. The Balaban J connectivity index is 2.07. The Morgan fingerprint density at radius 3 is 2.50 bits per heavy atom. The summed E-state index contributed by atoms with van der Waals surface area (Å²) in [7, 11) is 3.76. The first-order valence-electron chi connectivity index (χ1n) is 7.15. The summed E-state index contributed by atoms with van der Waals surface area (Å²) in [4.78, 5) is 17.2. The maximum atomic E-state index is 12.6. The monoisotopic (exact) mass is 276 g/mol. The van der Waals surface area contributed by atoms with Gasteiger partial charge in [-0.15, -0.1) is 0 Å². The number of carbonyl (C=O) groups excluding carboxylic acids is 1. The Kier molecular flexibility index (Phi) is 4.78. The van der Waals surface area contributed by atoms with Crippen LogP contribution < -0.4 is 4.74 Å². The first-order chi connectivity index (χ1) is 9.52. The Morgan fingerprint density at radius 2 is 1.95 bits per heavy atom. The lowest BCUT2D eigenvalue weighted by molar-refractivity contribution is 0.0536. The molecule has 0 radical (unpaired) electrons. The summed E-state index contributed by atoms with van der Waals surface area (Å²) in [6.45, 7) is 7.17. The lowest BCUT2D eigenvalue weighted by Gasteiger charge is -2.41. The fourth-order valence-electron chi connectivity index (χ4n) is 2.88. The van der Waals surface area contributed by atoms with Gasteiger partial charge in [-0.2, -0.15) is 0 Å². The SMILES string of the molecule is COc1ccc(C(=O)C(C)N2CCN(C)CC2C)cc1. The van der Waals surface area contributed by atoms with Crippen LogP contribution in [0, 0.1) is 0 Å². The van der Waals surface area contributed by atoms with Crippen LogP contribution in [0.25, 0.3) is 0 Å². The van der Waals surface area contributed by atoms with E-state index in [1.54, 1.807) is 7.11 Å². The summed E-state index contributed by atoms with van der Waals surface area (Å²) in [5.74, 6) is 0.964. The molecule has 0 aliphatic carbocycles. The molecule has 1 heterocycles. The van der Waals surface area contributed by atoms with Crippen LogP contribution in [0.15, 0.2) is 24.3 Å². The first-order valence-corrected chi connectivity index (χ1v) is 7.15. The predicted octanol–water partition coefficient (Wildman–Crippen LogP) is 1.90. The number of ether oxygens (including phenoxy) is 1. The highest BCUT2D eigenvalue weighted by atomic mass is 16.5. The molecule has 20 heavy (non-hydrogen) atoms. The van der Waals surface area contributed by atoms with E-state index >= 15 is 0 Å². The summed E-state index contributed by atoms with van der Waals surface area (Å²) >= 11 is 0. The fraction of sp³-hybridized carbons (Fsp3) is 0.562. The average Bonchev–Trinajstić information content (AvgIpc) is 2.46. The fourth-order valence-corrected chi connectivity index (χ4v) is 2.88. The van der Waals surface area contributed by atoms with Crippen molar-refractivity contribution in [1.29, 1.82) is 0 Å². The highest BCUT2D eigenvalue weighted by molar-refractivity contribution is 6.00. The molecule has 1 saturated heterocycles. The quantitative estimate of drug-likeness (QED) is 0.786. The van der Waals surface area contributed by atoms with Crippen molar-refractivity contribution in [3.63, 3.8) is 0 Å². The van der Waals surface area contributed by atoms with Crippen LogP contribution in [0.1, 0.15) is 24.2 Å². The standard InChI is InChI=1S/C16H24N2O2/c1-12-11-17(3)9-10-18(12)13(2)16(19)14-5-7-15(20-4)8-6-14/h5-8,12-13H,9-11H2,1-4H3. The van der Waals surface area contributed by atoms with Gasteiger partial charge in [0.15, 0.2) is 5.78 Å². The van der Waals surface area contributed by atoms with Gasteiger partial charge >= 0.3 is 0 Å². The minimum absolute atomic E-state index is 0.0768. The van der Waals surface area contributed by atoms with E-state index in [0.29, 0.717) is 6.04 Å². The predicted molar refractivity (Wildman–Crippen MR) is 80.5 cm³/mol. The lowest BCUT2D eigenvalue weighted by Crippen LogP contribution is -2.55. The first kappa shape index (κ1) is 15.0. The van der Waals surface area contributed by atoms with Crippen molar-refractivity contribution in [3.05, 3.63) is 29.8 Å². The van der Waals surface area contributed by atoms with Gasteiger partial charge in [0.2, 0.25) is 0 Å². The number of ketones is 1. The highest BCUT2D eigenvalue weighted by Crippen LogP contribution is 2.18. The van der Waals surface area contributed by atoms with Crippen molar-refractivity contribution in [2.45, 2.75) is 25.9 Å². The van der Waals surface area contributed by atoms with E-state index in [1.165, 1.54) is 0 Å². The van der Waals surface area contributed by atoms with Gasteiger partial charge in [-0.25, -0.2) is 0 Å². The second-order valence-electron chi connectivity index (χ2n) is 5.62. The highest BCUT2D eigenvalue weighted by Gasteiger charge is 2.29. The summed E-state index contributed by atoms with van der Waals surface area (Å²) in [5.41, 5.74) is 0.754. The molecule has 0 saturated carbocycles. The van der Waals surface area contributed by atoms with Gasteiger partial charge in [0, 0.05) is 31.2 Å². The number of hydrogen-bond donors (Lipinski definition) is 0. The number of nitrogens with zero attached hydrogens (tertiary/aromatic N) is 2. The molecule has 2 unspecified atom stereocenters. The van der Waals surface area contributed by atoms with Gasteiger partial charge in [0.1, 0.15) is 5.75 Å². The maximum absolute atomic E-state index is 12.6. The zero-order valence-electron chi connectivity index (χ0n) is 12.8. The molecule has 1 aromatic carbocycles. The minimum Gasteiger partial charge on any atom is -0.497 e. The van der Waals surface area contributed by atoms with Gasteiger partial charge in [-0.05, 0) is 45.2 Å². The Hall–Kier alpha value is -1.39. The number of benzene rings is 1. The molecule has 0 aromatic heterocycles. The molecule has 0 amide bonds. The number of likely N-dealkylation sites (N-methyl/N-ethyl adjacent to an activating group) is 1. The zero-order chi connectivity index (χ0) is 14.7. The van der Waals surface area contributed by atoms with Crippen molar-refractivity contribution >= 4 is 5.78 Å². The molecular formula is C16H24N2O2. The smallest absolute Gasteiger partial charge is 0.179 e. The summed E-state index contributed by atoms with van der Waals surface area (Å²) in [6, 6.07) is 7.70. The third-order valence-corrected chi connectivity index (χ3v) is 4.13. The minimum atomic E-state index is -0.0768. The third-order valence-electron chi connectivity index (χ3n) is 4.13. The second kappa shape index (κ2) is 6.37. The van der Waals surface area contributed by atoms with Gasteiger partial charge in [0.25, 0.3) is 0 Å². The molecule has 4 heteroatoms. The Labute approximate surface area is 121 Å². The van der Waals surface area contributed by atoms with Crippen LogP contribution in [0.5, 0.6) is 5.75 Å². The maximum Gasteiger partial charge on any atom is 0.179 e. The molecule has 2 atom stereocenters. The van der Waals surface area contributed by atoms with Gasteiger partial charge in [0.05, 0.1) is 13.2 Å². The van der Waals surface area contributed by atoms with E-state index in [4.69, 9.17) is 4.74 Å². The van der Waals surface area contributed by atoms with Crippen molar-refractivity contribution in [2.75, 3.05) is 33.8 Å². The molecule has 0 N–H and O–H groups in total. The molecule has 1 aliphatic heterocycles. The van der Waals surface area contributed by atoms with E-state index in [9.17, 15) is 4.79 Å². The third kappa shape index (κ3) is 3.19. The van der Waals surface area contributed by atoms with Crippen LogP contribution in [-0.4, -0.2) is 61.5 Å². The van der Waals surface area contributed by atoms with E-state index in [1.807, 2.05) is 31.2 Å². The Morgan fingerprint density at radius 1 is 1.30 bits per heavy atom. The summed E-state index contributed by atoms with van der Waals surface area (Å²) < 4.78 is 5.13. The molecule has 4 nitrogen and oxygen atoms in total. The van der Waals surface area contributed by atoms with Crippen LogP contribution >= 0.6 is 0 Å². The topological polar surface area (TPSA) is 32.8 Å². The van der Waals surface area contributed by atoms with Crippen molar-refractivity contribution in [3.8, 4) is 5.75 Å². The molecule has 1 aromatic rings. The van der Waals surface area contributed by atoms with E-state index in [2.05, 4.69) is 23.8 Å². The van der Waals surface area contributed by atoms with Crippen LogP contribution in [-0.2, 0) is 0 Å². The average molecular weight is 276 g/mol. The number of rotatable bonds is 4.